The van der Waals surface area contributed by atoms with Gasteiger partial charge in [-0.1, -0.05) is 41.9 Å². The van der Waals surface area contributed by atoms with E-state index in [2.05, 4.69) is 4.72 Å². The van der Waals surface area contributed by atoms with Gasteiger partial charge in [-0.2, -0.15) is 0 Å². The van der Waals surface area contributed by atoms with Crippen LogP contribution in [-0.4, -0.2) is 33.7 Å². The van der Waals surface area contributed by atoms with Crippen molar-refractivity contribution >= 4 is 33.4 Å². The molecule has 0 aromatic heterocycles. The Hall–Kier alpha value is -2.09. The number of para-hydroxylation sites is 1. The molecule has 8 heteroatoms. The number of carbonyl (C=O) groups excluding carboxylic acids is 1. The summed E-state index contributed by atoms with van der Waals surface area (Å²) in [7, 11) is -3.54. The molecule has 0 spiro atoms. The van der Waals surface area contributed by atoms with Crippen molar-refractivity contribution in [1.29, 1.82) is 0 Å². The van der Waals surface area contributed by atoms with E-state index in [0.717, 1.165) is 5.69 Å². The molecule has 0 radical (unpaired) electrons. The molecule has 0 aliphatic carbocycles. The maximum absolute atomic E-state index is 12.2. The summed E-state index contributed by atoms with van der Waals surface area (Å²) in [6.07, 6.45) is -1.01. The van der Waals surface area contributed by atoms with Gasteiger partial charge in [0.2, 0.25) is 10.0 Å². The van der Waals surface area contributed by atoms with E-state index in [1.165, 1.54) is 4.90 Å². The smallest absolute Gasteiger partial charge is 0.414 e. The van der Waals surface area contributed by atoms with Gasteiger partial charge in [-0.3, -0.25) is 4.90 Å². The fourth-order valence-corrected chi connectivity index (χ4v) is 3.82. The van der Waals surface area contributed by atoms with Crippen molar-refractivity contribution < 1.29 is 17.9 Å². The number of amides is 1. The van der Waals surface area contributed by atoms with Crippen LogP contribution in [0.1, 0.15) is 5.56 Å². The topological polar surface area (TPSA) is 75.7 Å². The van der Waals surface area contributed by atoms with E-state index in [9.17, 15) is 13.2 Å². The molecule has 1 fully saturated rings. The number of nitrogens with zero attached hydrogens (tertiary/aromatic N) is 1. The Morgan fingerprint density at radius 2 is 1.80 bits per heavy atom. The number of cyclic esters (lactones) is 1. The molecule has 1 saturated heterocycles. The predicted octanol–water partition coefficient (Wildman–Crippen LogP) is 2.78. The van der Waals surface area contributed by atoms with Gasteiger partial charge in [-0.05, 0) is 29.8 Å². The molecule has 0 bridgehead atoms. The summed E-state index contributed by atoms with van der Waals surface area (Å²) in [6.45, 7) is 0.331. The highest BCUT2D eigenvalue weighted by molar-refractivity contribution is 7.88. The van der Waals surface area contributed by atoms with Gasteiger partial charge in [0.05, 0.1) is 12.3 Å². The number of rotatable bonds is 6. The second kappa shape index (κ2) is 7.43. The molecule has 1 unspecified atom stereocenters. The Morgan fingerprint density at radius 1 is 1.12 bits per heavy atom. The molecule has 6 nitrogen and oxygen atoms in total. The molecule has 132 valence electrons. The van der Waals surface area contributed by atoms with Crippen molar-refractivity contribution in [3.8, 4) is 0 Å². The van der Waals surface area contributed by atoms with Crippen LogP contribution < -0.4 is 9.62 Å². The Balaban J connectivity index is 1.56. The predicted molar refractivity (Wildman–Crippen MR) is 96.1 cm³/mol. The average Bonchev–Trinajstić information content (AvgIpc) is 2.97. The van der Waals surface area contributed by atoms with E-state index < -0.39 is 22.2 Å². The maximum Gasteiger partial charge on any atom is 0.414 e. The fraction of sp³-hybridized carbons (Fsp3) is 0.235. The van der Waals surface area contributed by atoms with Crippen molar-refractivity contribution in [3.05, 3.63) is 65.2 Å². The lowest BCUT2D eigenvalue weighted by atomic mass is 10.2. The van der Waals surface area contributed by atoms with E-state index in [-0.39, 0.29) is 12.3 Å². The third kappa shape index (κ3) is 4.72. The van der Waals surface area contributed by atoms with Gasteiger partial charge < -0.3 is 4.74 Å². The lowest BCUT2D eigenvalue weighted by molar-refractivity contribution is 0.143. The van der Waals surface area contributed by atoms with Crippen LogP contribution >= 0.6 is 11.6 Å². The summed E-state index contributed by atoms with van der Waals surface area (Å²) in [5.41, 5.74) is 1.35. The van der Waals surface area contributed by atoms with E-state index in [4.69, 9.17) is 16.3 Å². The van der Waals surface area contributed by atoms with Gasteiger partial charge in [0.25, 0.3) is 0 Å². The molecule has 0 saturated carbocycles. The maximum atomic E-state index is 12.2. The second-order valence-corrected chi connectivity index (χ2v) is 7.93. The first-order chi connectivity index (χ1) is 11.9. The number of ether oxygens (including phenoxy) is 1. The first-order valence-corrected chi connectivity index (χ1v) is 9.71. The van der Waals surface area contributed by atoms with Crippen LogP contribution in [0, 0.1) is 0 Å². The Kier molecular flexibility index (Phi) is 5.27. The number of anilines is 1. The van der Waals surface area contributed by atoms with Crippen LogP contribution in [0.3, 0.4) is 0 Å². The number of sulfonamides is 1. The van der Waals surface area contributed by atoms with Crippen molar-refractivity contribution in [2.45, 2.75) is 11.9 Å². The van der Waals surface area contributed by atoms with Gasteiger partial charge in [-0.15, -0.1) is 0 Å². The van der Waals surface area contributed by atoms with Crippen LogP contribution in [0.5, 0.6) is 0 Å². The summed E-state index contributed by atoms with van der Waals surface area (Å²) in [4.78, 5) is 13.4. The lowest BCUT2D eigenvalue weighted by Crippen LogP contribution is -2.35. The van der Waals surface area contributed by atoms with Gasteiger partial charge >= 0.3 is 6.09 Å². The molecule has 1 N–H and O–H groups in total. The minimum atomic E-state index is -3.54. The van der Waals surface area contributed by atoms with Crippen LogP contribution in [0.25, 0.3) is 0 Å². The van der Waals surface area contributed by atoms with Crippen LogP contribution in [0.15, 0.2) is 54.6 Å². The molecular weight excluding hydrogens is 364 g/mol. The van der Waals surface area contributed by atoms with E-state index in [1.807, 2.05) is 18.2 Å². The number of halogens is 1. The van der Waals surface area contributed by atoms with Gasteiger partial charge in [0, 0.05) is 17.3 Å². The summed E-state index contributed by atoms with van der Waals surface area (Å²) in [6, 6.07) is 15.7. The highest BCUT2D eigenvalue weighted by Crippen LogP contribution is 2.21. The zero-order valence-electron chi connectivity index (χ0n) is 13.3. The monoisotopic (exact) mass is 380 g/mol. The zero-order valence-corrected chi connectivity index (χ0v) is 14.8. The highest BCUT2D eigenvalue weighted by Gasteiger charge is 2.32. The number of nitrogens with one attached hydrogen (secondary N) is 1. The molecule has 1 amide bonds. The number of carbonyl (C=O) groups is 1. The van der Waals surface area contributed by atoms with Crippen molar-refractivity contribution in [1.82, 2.24) is 4.72 Å². The van der Waals surface area contributed by atoms with Gasteiger partial charge in [0.1, 0.15) is 6.10 Å². The van der Waals surface area contributed by atoms with Gasteiger partial charge in [0.15, 0.2) is 0 Å². The molecule has 1 aliphatic rings. The molecular formula is C17H17ClN2O4S. The lowest BCUT2D eigenvalue weighted by Gasteiger charge is -2.13. The minimum Gasteiger partial charge on any atom is -0.443 e. The van der Waals surface area contributed by atoms with Crippen LogP contribution in [-0.2, 0) is 20.5 Å². The Labute approximate surface area is 151 Å². The SMILES string of the molecule is O=C1OC(CNS(=O)(=O)Cc2ccc(Cl)cc2)CN1c1ccccc1. The number of hydrogen-bond acceptors (Lipinski definition) is 4. The Morgan fingerprint density at radius 3 is 2.48 bits per heavy atom. The van der Waals surface area contributed by atoms with E-state index in [1.54, 1.807) is 36.4 Å². The normalized spacial score (nSPS) is 17.6. The summed E-state index contributed by atoms with van der Waals surface area (Å²) >= 11 is 5.79. The number of hydrogen-bond donors (Lipinski definition) is 1. The summed E-state index contributed by atoms with van der Waals surface area (Å²) < 4.78 is 32.1. The van der Waals surface area contributed by atoms with E-state index >= 15 is 0 Å². The third-order valence-electron chi connectivity index (χ3n) is 3.74. The quantitative estimate of drug-likeness (QED) is 0.836. The highest BCUT2D eigenvalue weighted by atomic mass is 35.5. The van der Waals surface area contributed by atoms with Crippen molar-refractivity contribution in [3.63, 3.8) is 0 Å². The van der Waals surface area contributed by atoms with Crippen LogP contribution in [0.4, 0.5) is 10.5 Å². The third-order valence-corrected chi connectivity index (χ3v) is 5.31. The molecule has 25 heavy (non-hydrogen) atoms. The molecule has 1 atom stereocenters. The van der Waals surface area contributed by atoms with Crippen molar-refractivity contribution in [2.75, 3.05) is 18.0 Å². The molecule has 2 aromatic rings. The largest absolute Gasteiger partial charge is 0.443 e. The summed E-state index contributed by atoms with van der Waals surface area (Å²) in [5, 5.41) is 0.549. The van der Waals surface area contributed by atoms with Crippen LogP contribution in [0.2, 0.25) is 5.02 Å². The first kappa shape index (κ1) is 17.7. The average molecular weight is 381 g/mol. The van der Waals surface area contributed by atoms with E-state index in [0.29, 0.717) is 17.1 Å². The Bertz CT molecular complexity index is 841. The zero-order chi connectivity index (χ0) is 17.9. The first-order valence-electron chi connectivity index (χ1n) is 7.68. The number of benzene rings is 2. The molecule has 1 heterocycles. The second-order valence-electron chi connectivity index (χ2n) is 5.69. The summed E-state index contributed by atoms with van der Waals surface area (Å²) in [5.74, 6) is -0.159. The van der Waals surface area contributed by atoms with Gasteiger partial charge in [-0.25, -0.2) is 17.9 Å². The minimum absolute atomic E-state index is 0.0327. The molecule has 2 aromatic carbocycles. The standard InChI is InChI=1S/C17H17ClN2O4S/c18-14-8-6-13(7-9-14)12-25(22,23)19-10-16-11-20(17(21)24-16)15-4-2-1-3-5-15/h1-9,16,19H,10-12H2. The van der Waals surface area contributed by atoms with Crippen molar-refractivity contribution in [2.24, 2.45) is 0 Å². The molecule has 1 aliphatic heterocycles. The fourth-order valence-electron chi connectivity index (χ4n) is 2.52. The molecule has 3 rings (SSSR count).